The van der Waals surface area contributed by atoms with E-state index in [1.165, 1.54) is 6.26 Å². The summed E-state index contributed by atoms with van der Waals surface area (Å²) < 4.78 is 27.6. The third-order valence-electron chi connectivity index (χ3n) is 3.20. The molecular formula is C16H25NO4S. The number of ether oxygens (including phenoxy) is 1. The number of benzene rings is 1. The number of carbonyl (C=O) groups excluding carboxylic acids is 1. The molecule has 0 saturated heterocycles. The third-order valence-corrected chi connectivity index (χ3v) is 4.23. The lowest BCUT2D eigenvalue weighted by molar-refractivity contribution is -0.127. The highest BCUT2D eigenvalue weighted by Gasteiger charge is 2.14. The van der Waals surface area contributed by atoms with Crippen molar-refractivity contribution in [3.63, 3.8) is 0 Å². The van der Waals surface area contributed by atoms with Crippen LogP contribution in [0.3, 0.4) is 0 Å². The highest BCUT2D eigenvalue weighted by Crippen LogP contribution is 2.20. The number of amides is 1. The van der Waals surface area contributed by atoms with E-state index in [9.17, 15) is 13.2 Å². The molecule has 1 amide bonds. The lowest BCUT2D eigenvalue weighted by Gasteiger charge is -2.16. The first-order valence-electron chi connectivity index (χ1n) is 7.41. The van der Waals surface area contributed by atoms with Gasteiger partial charge in [0.25, 0.3) is 5.91 Å². The van der Waals surface area contributed by atoms with Gasteiger partial charge in [-0.15, -0.1) is 0 Å². The van der Waals surface area contributed by atoms with E-state index in [4.69, 9.17) is 4.74 Å². The van der Waals surface area contributed by atoms with Crippen molar-refractivity contribution in [3.8, 4) is 5.75 Å². The zero-order chi connectivity index (χ0) is 16.8. The van der Waals surface area contributed by atoms with Crippen molar-refractivity contribution in [2.45, 2.75) is 39.2 Å². The van der Waals surface area contributed by atoms with E-state index in [2.05, 4.69) is 19.2 Å². The normalized spacial score (nSPS) is 13.0. The van der Waals surface area contributed by atoms with Crippen LogP contribution in [0.15, 0.2) is 24.3 Å². The molecule has 0 spiro atoms. The van der Waals surface area contributed by atoms with Crippen molar-refractivity contribution >= 4 is 15.7 Å². The summed E-state index contributed by atoms with van der Waals surface area (Å²) in [5.41, 5.74) is 1.15. The van der Waals surface area contributed by atoms with Gasteiger partial charge < -0.3 is 10.1 Å². The minimum Gasteiger partial charge on any atom is -0.481 e. The highest BCUT2D eigenvalue weighted by molar-refractivity contribution is 7.90. The van der Waals surface area contributed by atoms with Gasteiger partial charge in [-0.05, 0) is 37.0 Å². The fourth-order valence-electron chi connectivity index (χ4n) is 1.89. The summed E-state index contributed by atoms with van der Waals surface area (Å²) in [6.45, 7) is 6.19. The van der Waals surface area contributed by atoms with E-state index in [1.807, 2.05) is 24.3 Å². The molecular weight excluding hydrogens is 302 g/mol. The molecule has 6 heteroatoms. The van der Waals surface area contributed by atoms with E-state index in [-0.39, 0.29) is 11.7 Å². The molecule has 0 saturated carbocycles. The van der Waals surface area contributed by atoms with Crippen LogP contribution in [-0.2, 0) is 14.6 Å². The first-order chi connectivity index (χ1) is 10.2. The van der Waals surface area contributed by atoms with E-state index in [1.54, 1.807) is 6.92 Å². The van der Waals surface area contributed by atoms with E-state index >= 15 is 0 Å². The molecule has 0 heterocycles. The minimum absolute atomic E-state index is 0.0684. The van der Waals surface area contributed by atoms with Gasteiger partial charge in [-0.1, -0.05) is 26.0 Å². The highest BCUT2D eigenvalue weighted by atomic mass is 32.2. The molecule has 0 radical (unpaired) electrons. The van der Waals surface area contributed by atoms with Gasteiger partial charge in [0.2, 0.25) is 0 Å². The van der Waals surface area contributed by atoms with Crippen molar-refractivity contribution in [1.82, 2.24) is 5.32 Å². The molecule has 0 bridgehead atoms. The maximum Gasteiger partial charge on any atom is 0.260 e. The summed E-state index contributed by atoms with van der Waals surface area (Å²) in [6, 6.07) is 7.67. The first kappa shape index (κ1) is 18.5. The number of hydrogen-bond donors (Lipinski definition) is 1. The molecule has 124 valence electrons. The van der Waals surface area contributed by atoms with Gasteiger partial charge in [0.05, 0.1) is 5.75 Å². The molecule has 1 aromatic carbocycles. The zero-order valence-electron chi connectivity index (χ0n) is 13.6. The van der Waals surface area contributed by atoms with Crippen LogP contribution in [0.5, 0.6) is 5.75 Å². The Balaban J connectivity index is 2.45. The monoisotopic (exact) mass is 327 g/mol. The van der Waals surface area contributed by atoms with Crippen molar-refractivity contribution in [1.29, 1.82) is 0 Å². The standard InChI is InChI=1S/C16H25NO4S/c1-12(2)14-7-5-8-15(11-14)21-13(3)16(18)17-9-6-10-22(4,19)20/h5,7-8,11-13H,6,9-10H2,1-4H3,(H,17,18). The van der Waals surface area contributed by atoms with Crippen LogP contribution in [-0.4, -0.2) is 39.0 Å². The topological polar surface area (TPSA) is 72.5 Å². The predicted octanol–water partition coefficient (Wildman–Crippen LogP) is 2.13. The average Bonchev–Trinajstić information content (AvgIpc) is 2.42. The summed E-state index contributed by atoms with van der Waals surface area (Å²) in [5, 5.41) is 2.68. The van der Waals surface area contributed by atoms with Crippen LogP contribution < -0.4 is 10.1 Å². The largest absolute Gasteiger partial charge is 0.481 e. The fourth-order valence-corrected chi connectivity index (χ4v) is 2.56. The molecule has 22 heavy (non-hydrogen) atoms. The molecule has 0 fully saturated rings. The summed E-state index contributed by atoms with van der Waals surface area (Å²) >= 11 is 0. The van der Waals surface area contributed by atoms with Crippen LogP contribution in [0.1, 0.15) is 38.7 Å². The Labute approximate surface area is 133 Å². The second-order valence-corrected chi connectivity index (χ2v) is 8.02. The van der Waals surface area contributed by atoms with Crippen LogP contribution >= 0.6 is 0 Å². The third kappa shape index (κ3) is 6.93. The van der Waals surface area contributed by atoms with Gasteiger partial charge in [-0.2, -0.15) is 0 Å². The van der Waals surface area contributed by atoms with Crippen LogP contribution in [0.25, 0.3) is 0 Å². The van der Waals surface area contributed by atoms with Crippen LogP contribution in [0.4, 0.5) is 0 Å². The van der Waals surface area contributed by atoms with Gasteiger partial charge >= 0.3 is 0 Å². The van der Waals surface area contributed by atoms with Crippen molar-refractivity contribution < 1.29 is 17.9 Å². The van der Waals surface area contributed by atoms with Gasteiger partial charge in [-0.3, -0.25) is 4.79 Å². The Kier molecular flexibility index (Phi) is 6.87. The quantitative estimate of drug-likeness (QED) is 0.742. The summed E-state index contributed by atoms with van der Waals surface area (Å²) in [4.78, 5) is 11.9. The number of rotatable bonds is 8. The Bertz CT molecular complexity index is 596. The lowest BCUT2D eigenvalue weighted by Crippen LogP contribution is -2.37. The summed E-state index contributed by atoms with van der Waals surface area (Å²) in [7, 11) is -2.99. The molecule has 0 aliphatic rings. The van der Waals surface area contributed by atoms with Crippen molar-refractivity contribution in [2.75, 3.05) is 18.6 Å². The number of sulfone groups is 1. The van der Waals surface area contributed by atoms with Gasteiger partial charge in [0.1, 0.15) is 15.6 Å². The van der Waals surface area contributed by atoms with Crippen LogP contribution in [0, 0.1) is 0 Å². The Morgan fingerprint density at radius 2 is 1.95 bits per heavy atom. The molecule has 1 N–H and O–H groups in total. The molecule has 1 rings (SSSR count). The maximum atomic E-state index is 11.9. The Morgan fingerprint density at radius 3 is 2.55 bits per heavy atom. The SMILES string of the molecule is CC(Oc1cccc(C(C)C)c1)C(=O)NCCCS(C)(=O)=O. The van der Waals surface area contributed by atoms with Gasteiger partial charge in [-0.25, -0.2) is 8.42 Å². The van der Waals surface area contributed by atoms with Gasteiger partial charge in [0.15, 0.2) is 6.10 Å². The smallest absolute Gasteiger partial charge is 0.260 e. The molecule has 1 aromatic rings. The minimum atomic E-state index is -2.99. The molecule has 1 atom stereocenters. The average molecular weight is 327 g/mol. The molecule has 0 aliphatic heterocycles. The van der Waals surface area contributed by atoms with Crippen molar-refractivity contribution in [3.05, 3.63) is 29.8 Å². The second kappa shape index (κ2) is 8.17. The Morgan fingerprint density at radius 1 is 1.27 bits per heavy atom. The summed E-state index contributed by atoms with van der Waals surface area (Å²) in [6.07, 6.45) is 0.961. The number of nitrogens with one attached hydrogen (secondary N) is 1. The Hall–Kier alpha value is -1.56. The van der Waals surface area contributed by atoms with Crippen LogP contribution in [0.2, 0.25) is 0 Å². The van der Waals surface area contributed by atoms with E-state index in [0.29, 0.717) is 24.6 Å². The number of hydrogen-bond acceptors (Lipinski definition) is 4. The van der Waals surface area contributed by atoms with Crippen molar-refractivity contribution in [2.24, 2.45) is 0 Å². The molecule has 0 aliphatic carbocycles. The first-order valence-corrected chi connectivity index (χ1v) is 9.47. The maximum absolute atomic E-state index is 11.9. The fraction of sp³-hybridized carbons (Fsp3) is 0.562. The van der Waals surface area contributed by atoms with Gasteiger partial charge in [0, 0.05) is 12.8 Å². The number of carbonyl (C=O) groups is 1. The second-order valence-electron chi connectivity index (χ2n) is 5.76. The summed E-state index contributed by atoms with van der Waals surface area (Å²) in [5.74, 6) is 0.871. The lowest BCUT2D eigenvalue weighted by atomic mass is 10.0. The predicted molar refractivity (Wildman–Crippen MR) is 88.0 cm³/mol. The molecule has 0 aromatic heterocycles. The van der Waals surface area contributed by atoms with E-state index < -0.39 is 15.9 Å². The molecule has 5 nitrogen and oxygen atoms in total. The molecule has 1 unspecified atom stereocenters. The zero-order valence-corrected chi connectivity index (χ0v) is 14.4. The van der Waals surface area contributed by atoms with E-state index in [0.717, 1.165) is 5.56 Å².